The maximum Gasteiger partial charge on any atom is 0.229 e. The predicted molar refractivity (Wildman–Crippen MR) is 119 cm³/mol. The molecular weight excluding hydrogens is 432 g/mol. The average Bonchev–Trinajstić information content (AvgIpc) is 2.83. The van der Waals surface area contributed by atoms with Gasteiger partial charge in [-0.15, -0.1) is 0 Å². The molecule has 1 fully saturated rings. The van der Waals surface area contributed by atoms with Crippen molar-refractivity contribution in [2.45, 2.75) is 44.6 Å². The highest BCUT2D eigenvalue weighted by molar-refractivity contribution is 5.91. The molecule has 0 saturated carbocycles. The molecule has 33 heavy (non-hydrogen) atoms. The van der Waals surface area contributed by atoms with E-state index in [1.54, 1.807) is 45.2 Å². The third kappa shape index (κ3) is 4.04. The summed E-state index contributed by atoms with van der Waals surface area (Å²) in [7, 11) is 2.98. The lowest BCUT2D eigenvalue weighted by molar-refractivity contribution is -0.268. The molecule has 2 heterocycles. The van der Waals surface area contributed by atoms with Gasteiger partial charge in [-0.2, -0.15) is 0 Å². The van der Waals surface area contributed by atoms with Crippen LogP contribution in [0.15, 0.2) is 45.8 Å². The zero-order valence-corrected chi connectivity index (χ0v) is 18.6. The minimum Gasteiger partial charge on any atom is -0.497 e. The minimum absolute atomic E-state index is 0.216. The second-order valence-electron chi connectivity index (χ2n) is 7.91. The van der Waals surface area contributed by atoms with Crippen LogP contribution in [-0.4, -0.2) is 60.2 Å². The van der Waals surface area contributed by atoms with Crippen LogP contribution in [0.1, 0.15) is 12.5 Å². The topological polar surface area (TPSA) is 128 Å². The largest absolute Gasteiger partial charge is 0.497 e. The fraction of sp³-hybridized carbons (Fsp3) is 0.375. The highest BCUT2D eigenvalue weighted by Crippen LogP contribution is 2.37. The summed E-state index contributed by atoms with van der Waals surface area (Å²) in [5.74, 6) is 1.12. The standard InChI is InChI=1S/C24H26O9/c1-11-16(33-24-22(28)21(27)19(25)12(2)32-24)9-17(30-4)18-20(26)15(10-31-23(11)18)13-5-7-14(29-3)8-6-13/h5-10,12,19,21-22,24-25,27-28H,1-4H3/t12?,19-,21-,22?,24-/m0/s1. The first-order valence-electron chi connectivity index (χ1n) is 10.4. The van der Waals surface area contributed by atoms with Crippen LogP contribution >= 0.6 is 0 Å². The summed E-state index contributed by atoms with van der Waals surface area (Å²) in [5.41, 5.74) is 1.47. The maximum atomic E-state index is 13.4. The van der Waals surface area contributed by atoms with Crippen molar-refractivity contribution in [3.8, 4) is 28.4 Å². The van der Waals surface area contributed by atoms with E-state index in [4.69, 9.17) is 23.4 Å². The lowest BCUT2D eigenvalue weighted by Gasteiger charge is -2.39. The molecule has 9 heteroatoms. The van der Waals surface area contributed by atoms with Gasteiger partial charge >= 0.3 is 0 Å². The number of aliphatic hydroxyl groups excluding tert-OH is 3. The van der Waals surface area contributed by atoms with E-state index >= 15 is 0 Å². The van der Waals surface area contributed by atoms with Crippen LogP contribution in [0.2, 0.25) is 0 Å². The van der Waals surface area contributed by atoms with Gasteiger partial charge in [0.2, 0.25) is 11.7 Å². The first-order chi connectivity index (χ1) is 15.8. The predicted octanol–water partition coefficient (Wildman–Crippen LogP) is 1.99. The number of rotatable bonds is 5. The van der Waals surface area contributed by atoms with Gasteiger partial charge in [-0.05, 0) is 31.5 Å². The molecule has 0 spiro atoms. The average molecular weight is 458 g/mol. The molecule has 4 rings (SSSR count). The second-order valence-corrected chi connectivity index (χ2v) is 7.91. The van der Waals surface area contributed by atoms with Crippen LogP contribution in [0.25, 0.3) is 22.1 Å². The summed E-state index contributed by atoms with van der Waals surface area (Å²) < 4.78 is 27.8. The van der Waals surface area contributed by atoms with Crippen molar-refractivity contribution in [1.29, 1.82) is 0 Å². The van der Waals surface area contributed by atoms with Crippen LogP contribution in [0.3, 0.4) is 0 Å². The Morgan fingerprint density at radius 2 is 1.64 bits per heavy atom. The Morgan fingerprint density at radius 3 is 2.27 bits per heavy atom. The molecular formula is C24H26O9. The van der Waals surface area contributed by atoms with E-state index in [0.717, 1.165) is 0 Å². The summed E-state index contributed by atoms with van der Waals surface area (Å²) in [6.45, 7) is 3.25. The van der Waals surface area contributed by atoms with Crippen molar-refractivity contribution in [2.24, 2.45) is 0 Å². The smallest absolute Gasteiger partial charge is 0.229 e. The molecule has 1 aromatic heterocycles. The number of aryl methyl sites for hydroxylation is 1. The number of aliphatic hydroxyl groups is 3. The molecule has 0 bridgehead atoms. The summed E-state index contributed by atoms with van der Waals surface area (Å²) in [5, 5.41) is 30.5. The van der Waals surface area contributed by atoms with Crippen molar-refractivity contribution < 1.29 is 38.7 Å². The molecule has 2 unspecified atom stereocenters. The van der Waals surface area contributed by atoms with Crippen LogP contribution in [-0.2, 0) is 4.74 Å². The van der Waals surface area contributed by atoms with E-state index in [1.807, 2.05) is 0 Å². The van der Waals surface area contributed by atoms with Gasteiger partial charge in [-0.25, -0.2) is 0 Å². The molecule has 5 atom stereocenters. The van der Waals surface area contributed by atoms with Crippen LogP contribution < -0.4 is 19.6 Å². The van der Waals surface area contributed by atoms with Crippen molar-refractivity contribution >= 4 is 11.0 Å². The van der Waals surface area contributed by atoms with Gasteiger partial charge in [0.15, 0.2) is 0 Å². The number of ether oxygens (including phenoxy) is 4. The number of fused-ring (bicyclic) bond motifs is 1. The number of methoxy groups -OCH3 is 2. The van der Waals surface area contributed by atoms with Gasteiger partial charge < -0.3 is 38.7 Å². The highest BCUT2D eigenvalue weighted by atomic mass is 16.7. The van der Waals surface area contributed by atoms with Gasteiger partial charge in [0.25, 0.3) is 0 Å². The van der Waals surface area contributed by atoms with Crippen molar-refractivity contribution in [3.05, 3.63) is 52.4 Å². The molecule has 1 aliphatic rings. The third-order valence-corrected chi connectivity index (χ3v) is 5.88. The lowest BCUT2D eigenvalue weighted by atomic mass is 10.00. The second kappa shape index (κ2) is 9.03. The number of benzene rings is 2. The summed E-state index contributed by atoms with van der Waals surface area (Å²) >= 11 is 0. The lowest BCUT2D eigenvalue weighted by Crippen LogP contribution is -2.58. The number of hydrogen-bond acceptors (Lipinski definition) is 9. The first kappa shape index (κ1) is 23.1. The SMILES string of the molecule is COc1ccc(-c2coc3c(C)c(O[C@@H]4OC(C)[C@H](O)[C@H](O)C4O)cc(OC)c3c2=O)cc1. The van der Waals surface area contributed by atoms with Crippen molar-refractivity contribution in [2.75, 3.05) is 14.2 Å². The van der Waals surface area contributed by atoms with E-state index in [1.165, 1.54) is 19.4 Å². The van der Waals surface area contributed by atoms with E-state index in [0.29, 0.717) is 22.4 Å². The summed E-state index contributed by atoms with van der Waals surface area (Å²) in [6.07, 6.45) is -4.81. The quantitative estimate of drug-likeness (QED) is 0.526. The molecule has 0 aliphatic carbocycles. The molecule has 3 N–H and O–H groups in total. The molecule has 9 nitrogen and oxygen atoms in total. The van der Waals surface area contributed by atoms with Crippen LogP contribution in [0.4, 0.5) is 0 Å². The Kier molecular flexibility index (Phi) is 6.31. The zero-order chi connectivity index (χ0) is 23.9. The van der Waals surface area contributed by atoms with Gasteiger partial charge in [0.05, 0.1) is 25.9 Å². The Morgan fingerprint density at radius 1 is 0.939 bits per heavy atom. The number of hydrogen-bond donors (Lipinski definition) is 3. The van der Waals surface area contributed by atoms with Crippen molar-refractivity contribution in [1.82, 2.24) is 0 Å². The Labute approximate surface area is 189 Å². The molecule has 1 saturated heterocycles. The normalized spacial score (nSPS) is 25.1. The summed E-state index contributed by atoms with van der Waals surface area (Å²) in [4.78, 5) is 13.4. The zero-order valence-electron chi connectivity index (χ0n) is 18.6. The van der Waals surface area contributed by atoms with Crippen molar-refractivity contribution in [3.63, 3.8) is 0 Å². The third-order valence-electron chi connectivity index (χ3n) is 5.88. The van der Waals surface area contributed by atoms with Gasteiger partial charge in [-0.1, -0.05) is 12.1 Å². The van der Waals surface area contributed by atoms with Gasteiger partial charge in [-0.3, -0.25) is 4.79 Å². The molecule has 3 aromatic rings. The summed E-state index contributed by atoms with van der Waals surface area (Å²) in [6, 6.07) is 8.53. The highest BCUT2D eigenvalue weighted by Gasteiger charge is 2.43. The minimum atomic E-state index is -1.48. The molecule has 1 aliphatic heterocycles. The molecule has 2 aromatic carbocycles. The van der Waals surface area contributed by atoms with E-state index < -0.39 is 30.7 Å². The molecule has 176 valence electrons. The maximum absolute atomic E-state index is 13.4. The van der Waals surface area contributed by atoms with E-state index in [2.05, 4.69) is 0 Å². The van der Waals surface area contributed by atoms with Crippen LogP contribution in [0.5, 0.6) is 17.2 Å². The fourth-order valence-electron chi connectivity index (χ4n) is 3.87. The Bertz CT molecular complexity index is 1200. The first-order valence-corrected chi connectivity index (χ1v) is 10.4. The van der Waals surface area contributed by atoms with Gasteiger partial charge in [0, 0.05) is 11.6 Å². The molecule has 0 amide bonds. The van der Waals surface area contributed by atoms with E-state index in [-0.39, 0.29) is 27.9 Å². The monoisotopic (exact) mass is 458 g/mol. The Hall–Kier alpha value is -3.11. The van der Waals surface area contributed by atoms with Gasteiger partial charge in [0.1, 0.15) is 52.8 Å². The van der Waals surface area contributed by atoms with E-state index in [9.17, 15) is 20.1 Å². The fourth-order valence-corrected chi connectivity index (χ4v) is 3.87. The Balaban J connectivity index is 1.77. The van der Waals surface area contributed by atoms with Crippen LogP contribution in [0, 0.1) is 6.92 Å². The molecule has 0 radical (unpaired) electrons.